The molecule has 0 spiro atoms. The Morgan fingerprint density at radius 3 is 2.68 bits per heavy atom. The minimum Gasteiger partial charge on any atom is -0.465 e. The summed E-state index contributed by atoms with van der Waals surface area (Å²) in [4.78, 5) is 26.2. The summed E-state index contributed by atoms with van der Waals surface area (Å²) in [6, 6.07) is 1.40. The second kappa shape index (κ2) is 7.20. The number of carbonyl (C=O) groups is 1. The minimum absolute atomic E-state index is 0.0782. The Balaban J connectivity index is 2.13. The maximum absolute atomic E-state index is 11.5. The number of aromatic nitrogens is 1. The fraction of sp³-hybridized carbons (Fsp3) is 0.600. The minimum atomic E-state index is -0.634. The van der Waals surface area contributed by atoms with E-state index in [0.29, 0.717) is 0 Å². The predicted octanol–water partition coefficient (Wildman–Crippen LogP) is 3.16. The van der Waals surface area contributed by atoms with Crippen LogP contribution in [0.5, 0.6) is 0 Å². The zero-order valence-corrected chi connectivity index (χ0v) is 12.9. The van der Waals surface area contributed by atoms with Crippen LogP contribution in [0.2, 0.25) is 0 Å². The first-order valence-corrected chi connectivity index (χ1v) is 7.54. The second-order valence-electron chi connectivity index (χ2n) is 5.61. The first-order chi connectivity index (χ1) is 10.5. The number of hydrogen-bond donors (Lipinski definition) is 1. The number of anilines is 1. The van der Waals surface area contributed by atoms with E-state index in [2.05, 4.69) is 22.0 Å². The van der Waals surface area contributed by atoms with Crippen LogP contribution in [-0.2, 0) is 4.74 Å². The topological polar surface area (TPSA) is 94.4 Å². The monoisotopic (exact) mass is 307 g/mol. The van der Waals surface area contributed by atoms with E-state index >= 15 is 0 Å². The fourth-order valence-electron chi connectivity index (χ4n) is 2.84. The van der Waals surface area contributed by atoms with Crippen molar-refractivity contribution in [3.63, 3.8) is 0 Å². The van der Waals surface area contributed by atoms with Crippen molar-refractivity contribution in [1.29, 1.82) is 0 Å². The van der Waals surface area contributed by atoms with Crippen LogP contribution in [0.15, 0.2) is 12.3 Å². The molecule has 2 rings (SSSR count). The average Bonchev–Trinajstić information content (AvgIpc) is 2.55. The zero-order chi connectivity index (χ0) is 16.1. The molecule has 7 nitrogen and oxygen atoms in total. The van der Waals surface area contributed by atoms with Crippen LogP contribution in [0.1, 0.15) is 49.4 Å². The largest absolute Gasteiger partial charge is 0.465 e. The van der Waals surface area contributed by atoms with Crippen molar-refractivity contribution < 1.29 is 14.5 Å². The van der Waals surface area contributed by atoms with Crippen molar-refractivity contribution in [3.05, 3.63) is 27.9 Å². The average molecular weight is 307 g/mol. The third-order valence-electron chi connectivity index (χ3n) is 4.25. The number of rotatable bonds is 5. The van der Waals surface area contributed by atoms with E-state index in [4.69, 9.17) is 0 Å². The van der Waals surface area contributed by atoms with Gasteiger partial charge in [-0.1, -0.05) is 13.3 Å². The lowest BCUT2D eigenvalue weighted by Gasteiger charge is -2.28. The summed E-state index contributed by atoms with van der Waals surface area (Å²) in [5.74, 6) is 0.339. The Morgan fingerprint density at radius 2 is 2.14 bits per heavy atom. The smallest absolute Gasteiger partial charge is 0.339 e. The summed E-state index contributed by atoms with van der Waals surface area (Å²) in [5, 5.41) is 14.4. The highest BCUT2D eigenvalue weighted by Crippen LogP contribution is 2.30. The molecule has 1 aromatic heterocycles. The lowest BCUT2D eigenvalue weighted by atomic mass is 9.84. The number of ether oxygens (including phenoxy) is 1. The molecule has 0 aliphatic heterocycles. The number of nitrogens with one attached hydrogen (secondary N) is 1. The summed E-state index contributed by atoms with van der Waals surface area (Å²) in [7, 11) is 1.23. The van der Waals surface area contributed by atoms with Gasteiger partial charge >= 0.3 is 11.7 Å². The van der Waals surface area contributed by atoms with Gasteiger partial charge in [-0.2, -0.15) is 0 Å². The maximum Gasteiger partial charge on any atom is 0.339 e. The molecule has 1 fully saturated rings. The van der Waals surface area contributed by atoms with E-state index in [1.165, 1.54) is 25.8 Å². The van der Waals surface area contributed by atoms with E-state index < -0.39 is 10.9 Å². The quantitative estimate of drug-likeness (QED) is 0.510. The van der Waals surface area contributed by atoms with Gasteiger partial charge in [0.2, 0.25) is 5.82 Å². The number of esters is 1. The van der Waals surface area contributed by atoms with Gasteiger partial charge < -0.3 is 10.1 Å². The van der Waals surface area contributed by atoms with Crippen LogP contribution >= 0.6 is 0 Å². The molecule has 1 aromatic rings. The molecule has 0 bridgehead atoms. The molecule has 1 saturated carbocycles. The molecule has 0 saturated heterocycles. The van der Waals surface area contributed by atoms with Gasteiger partial charge in [-0.3, -0.25) is 10.1 Å². The Bertz CT molecular complexity index is 554. The molecule has 1 aliphatic carbocycles. The molecule has 0 radical (unpaired) electrons. The molecule has 1 N–H and O–H groups in total. The third kappa shape index (κ3) is 3.72. The molecule has 1 heterocycles. The van der Waals surface area contributed by atoms with Gasteiger partial charge in [0.25, 0.3) is 0 Å². The molecule has 0 atom stereocenters. The van der Waals surface area contributed by atoms with E-state index in [1.807, 2.05) is 0 Å². The number of pyridine rings is 1. The summed E-state index contributed by atoms with van der Waals surface area (Å²) < 4.78 is 4.56. The number of carbonyl (C=O) groups excluding carboxylic acids is 1. The summed E-state index contributed by atoms with van der Waals surface area (Å²) in [5.41, 5.74) is -0.116. The maximum atomic E-state index is 11.5. The van der Waals surface area contributed by atoms with Crippen LogP contribution in [0, 0.1) is 16.0 Å². The van der Waals surface area contributed by atoms with Gasteiger partial charge in [-0.15, -0.1) is 0 Å². The fourth-order valence-corrected chi connectivity index (χ4v) is 2.84. The van der Waals surface area contributed by atoms with Crippen molar-refractivity contribution in [2.45, 2.75) is 45.1 Å². The first-order valence-electron chi connectivity index (χ1n) is 7.54. The Morgan fingerprint density at radius 1 is 1.45 bits per heavy atom. The third-order valence-corrected chi connectivity index (χ3v) is 4.25. The highest BCUT2D eigenvalue weighted by Gasteiger charge is 2.24. The van der Waals surface area contributed by atoms with Crippen molar-refractivity contribution in [2.24, 2.45) is 5.92 Å². The van der Waals surface area contributed by atoms with Gasteiger partial charge in [0.05, 0.1) is 17.6 Å². The van der Waals surface area contributed by atoms with Gasteiger partial charge in [0.1, 0.15) is 0 Å². The Kier molecular flexibility index (Phi) is 5.30. The number of methoxy groups -OCH3 is 1. The molecular weight excluding hydrogens is 286 g/mol. The van der Waals surface area contributed by atoms with Gasteiger partial charge in [0.15, 0.2) is 0 Å². The number of nitrogens with zero attached hydrogens (tertiary/aromatic N) is 2. The van der Waals surface area contributed by atoms with E-state index in [1.54, 1.807) is 0 Å². The van der Waals surface area contributed by atoms with E-state index in [-0.39, 0.29) is 23.1 Å². The molecular formula is C15H21N3O4. The second-order valence-corrected chi connectivity index (χ2v) is 5.61. The van der Waals surface area contributed by atoms with Crippen LogP contribution < -0.4 is 5.32 Å². The molecule has 0 aromatic carbocycles. The highest BCUT2D eigenvalue weighted by atomic mass is 16.6. The van der Waals surface area contributed by atoms with Crippen LogP contribution in [0.3, 0.4) is 0 Å². The highest BCUT2D eigenvalue weighted by molar-refractivity contribution is 5.90. The first kappa shape index (κ1) is 16.2. The molecule has 22 heavy (non-hydrogen) atoms. The van der Waals surface area contributed by atoms with E-state index in [9.17, 15) is 14.9 Å². The summed E-state index contributed by atoms with van der Waals surface area (Å²) in [6.45, 7) is 2.19. The molecule has 120 valence electrons. The van der Waals surface area contributed by atoms with Crippen LogP contribution in [-0.4, -0.2) is 29.0 Å². The summed E-state index contributed by atoms with van der Waals surface area (Å²) >= 11 is 0. The molecule has 0 unspecified atom stereocenters. The van der Waals surface area contributed by atoms with E-state index in [0.717, 1.165) is 31.6 Å². The standard InChI is InChI=1S/C15H21N3O4/c1-3-10-4-6-12(7-5-10)17-14-13(18(20)21)8-11(9-16-14)15(19)22-2/h8-10,12H,3-7H2,1-2H3,(H,16,17). The van der Waals surface area contributed by atoms with Gasteiger partial charge in [0, 0.05) is 18.3 Å². The lowest BCUT2D eigenvalue weighted by Crippen LogP contribution is -2.26. The summed E-state index contributed by atoms with van der Waals surface area (Å²) in [6.07, 6.45) is 6.70. The number of hydrogen-bond acceptors (Lipinski definition) is 6. The van der Waals surface area contributed by atoms with Crippen LogP contribution in [0.4, 0.5) is 11.5 Å². The molecule has 1 aliphatic rings. The normalized spacial score (nSPS) is 21.2. The van der Waals surface area contributed by atoms with Crippen LogP contribution in [0.25, 0.3) is 0 Å². The Hall–Kier alpha value is -2.18. The zero-order valence-electron chi connectivity index (χ0n) is 12.9. The predicted molar refractivity (Wildman–Crippen MR) is 81.9 cm³/mol. The number of nitro groups is 1. The Labute approximate surface area is 129 Å². The van der Waals surface area contributed by atoms with Gasteiger partial charge in [-0.05, 0) is 31.6 Å². The van der Waals surface area contributed by atoms with Crippen molar-refractivity contribution in [3.8, 4) is 0 Å². The van der Waals surface area contributed by atoms with Crippen molar-refractivity contribution >= 4 is 17.5 Å². The molecule has 7 heteroatoms. The van der Waals surface area contributed by atoms with Gasteiger partial charge in [-0.25, -0.2) is 9.78 Å². The van der Waals surface area contributed by atoms with Crippen molar-refractivity contribution in [1.82, 2.24) is 4.98 Å². The molecule has 0 amide bonds. The van der Waals surface area contributed by atoms with Crippen molar-refractivity contribution in [2.75, 3.05) is 12.4 Å². The SMILES string of the molecule is CCC1CCC(Nc2ncc(C(=O)OC)cc2[N+](=O)[O-])CC1. The lowest BCUT2D eigenvalue weighted by molar-refractivity contribution is -0.384.